The zero-order valence-electron chi connectivity index (χ0n) is 11.5. The standard InChI is InChI=1S/C13H16ClN3O2S/c1-10-5-4-6-11(7-10)8-17(3)20(18,19)13-12(14)16(2)9-15-13/h4-7,9H,8H2,1-3H3. The first kappa shape index (κ1) is 15.0. The quantitative estimate of drug-likeness (QED) is 0.869. The lowest BCUT2D eigenvalue weighted by atomic mass is 10.1. The number of hydrogen-bond acceptors (Lipinski definition) is 3. The molecule has 2 rings (SSSR count). The van der Waals surface area contributed by atoms with Crippen molar-refractivity contribution in [1.29, 1.82) is 0 Å². The summed E-state index contributed by atoms with van der Waals surface area (Å²) in [6.07, 6.45) is 1.38. The van der Waals surface area contributed by atoms with Crippen molar-refractivity contribution in [2.45, 2.75) is 18.5 Å². The van der Waals surface area contributed by atoms with E-state index in [1.807, 2.05) is 31.2 Å². The van der Waals surface area contributed by atoms with Crippen LogP contribution in [0.25, 0.3) is 0 Å². The first-order valence-corrected chi connectivity index (χ1v) is 7.83. The third kappa shape index (κ3) is 2.87. The van der Waals surface area contributed by atoms with Crippen LogP contribution in [0, 0.1) is 6.92 Å². The number of aromatic nitrogens is 2. The molecule has 0 aliphatic rings. The number of aryl methyl sites for hydroxylation is 2. The van der Waals surface area contributed by atoms with Crippen LogP contribution >= 0.6 is 11.6 Å². The molecule has 0 fully saturated rings. The Bertz CT molecular complexity index is 725. The van der Waals surface area contributed by atoms with Crippen molar-refractivity contribution < 1.29 is 8.42 Å². The van der Waals surface area contributed by atoms with Gasteiger partial charge in [0.2, 0.25) is 5.03 Å². The largest absolute Gasteiger partial charge is 0.324 e. The number of benzene rings is 1. The van der Waals surface area contributed by atoms with Crippen molar-refractivity contribution in [3.05, 3.63) is 46.9 Å². The SMILES string of the molecule is Cc1cccc(CN(C)S(=O)(=O)c2ncn(C)c2Cl)c1. The maximum absolute atomic E-state index is 12.4. The van der Waals surface area contributed by atoms with Gasteiger partial charge < -0.3 is 4.57 Å². The van der Waals surface area contributed by atoms with Gasteiger partial charge in [0.1, 0.15) is 5.15 Å². The van der Waals surface area contributed by atoms with Gasteiger partial charge in [0.15, 0.2) is 0 Å². The lowest BCUT2D eigenvalue weighted by molar-refractivity contribution is 0.464. The van der Waals surface area contributed by atoms with E-state index in [1.54, 1.807) is 7.05 Å². The van der Waals surface area contributed by atoms with Gasteiger partial charge in [0, 0.05) is 20.6 Å². The second-order valence-corrected chi connectivity index (χ2v) is 7.02. The molecule has 7 heteroatoms. The number of halogens is 1. The second kappa shape index (κ2) is 5.55. The summed E-state index contributed by atoms with van der Waals surface area (Å²) in [5.41, 5.74) is 2.01. The fourth-order valence-electron chi connectivity index (χ4n) is 1.87. The maximum atomic E-state index is 12.4. The fraction of sp³-hybridized carbons (Fsp3) is 0.308. The summed E-state index contributed by atoms with van der Waals surface area (Å²) in [6.45, 7) is 2.24. The van der Waals surface area contributed by atoms with Gasteiger partial charge in [-0.05, 0) is 12.5 Å². The minimum atomic E-state index is -3.69. The Labute approximate surface area is 123 Å². The zero-order valence-corrected chi connectivity index (χ0v) is 13.1. The molecule has 20 heavy (non-hydrogen) atoms. The molecule has 0 radical (unpaired) electrons. The lowest BCUT2D eigenvalue weighted by Crippen LogP contribution is -2.27. The number of imidazole rings is 1. The summed E-state index contributed by atoms with van der Waals surface area (Å²) in [5.74, 6) is 0. The summed E-state index contributed by atoms with van der Waals surface area (Å²) < 4.78 is 27.6. The van der Waals surface area contributed by atoms with Crippen LogP contribution in [0.15, 0.2) is 35.6 Å². The van der Waals surface area contributed by atoms with Crippen LogP contribution in [0.5, 0.6) is 0 Å². The van der Waals surface area contributed by atoms with Crippen LogP contribution in [0.1, 0.15) is 11.1 Å². The van der Waals surface area contributed by atoms with Gasteiger partial charge in [-0.2, -0.15) is 4.31 Å². The van der Waals surface area contributed by atoms with Crippen molar-refractivity contribution >= 4 is 21.6 Å². The number of nitrogens with zero attached hydrogens (tertiary/aromatic N) is 3. The monoisotopic (exact) mass is 313 g/mol. The van der Waals surface area contributed by atoms with Crippen molar-refractivity contribution in [1.82, 2.24) is 13.9 Å². The average molecular weight is 314 g/mol. The highest BCUT2D eigenvalue weighted by atomic mass is 35.5. The third-order valence-electron chi connectivity index (χ3n) is 2.98. The van der Waals surface area contributed by atoms with Gasteiger partial charge in [-0.3, -0.25) is 0 Å². The molecule has 0 spiro atoms. The molecule has 0 saturated heterocycles. The number of rotatable bonds is 4. The fourth-order valence-corrected chi connectivity index (χ4v) is 3.40. The maximum Gasteiger partial charge on any atom is 0.263 e. The van der Waals surface area contributed by atoms with E-state index in [2.05, 4.69) is 4.98 Å². The Morgan fingerprint density at radius 1 is 1.40 bits per heavy atom. The molecule has 0 amide bonds. The summed E-state index contributed by atoms with van der Waals surface area (Å²) >= 11 is 5.96. The van der Waals surface area contributed by atoms with Gasteiger partial charge >= 0.3 is 0 Å². The van der Waals surface area contributed by atoms with Crippen LogP contribution in [-0.2, 0) is 23.6 Å². The molecule has 1 heterocycles. The predicted molar refractivity (Wildman–Crippen MR) is 78.0 cm³/mol. The van der Waals surface area contributed by atoms with E-state index in [0.717, 1.165) is 11.1 Å². The minimum absolute atomic E-state index is 0.112. The molecule has 108 valence electrons. The van der Waals surface area contributed by atoms with Gasteiger partial charge in [-0.25, -0.2) is 13.4 Å². The van der Waals surface area contributed by atoms with E-state index in [4.69, 9.17) is 11.6 Å². The molecule has 5 nitrogen and oxygen atoms in total. The molecule has 2 aromatic rings. The van der Waals surface area contributed by atoms with Gasteiger partial charge in [-0.1, -0.05) is 41.4 Å². The van der Waals surface area contributed by atoms with E-state index in [9.17, 15) is 8.42 Å². The highest BCUT2D eigenvalue weighted by molar-refractivity contribution is 7.89. The van der Waals surface area contributed by atoms with E-state index in [0.29, 0.717) is 0 Å². The Morgan fingerprint density at radius 2 is 2.10 bits per heavy atom. The highest BCUT2D eigenvalue weighted by Gasteiger charge is 2.27. The Balaban J connectivity index is 2.28. The van der Waals surface area contributed by atoms with E-state index in [1.165, 1.54) is 22.2 Å². The molecular weight excluding hydrogens is 298 g/mol. The van der Waals surface area contributed by atoms with Crippen LogP contribution < -0.4 is 0 Å². The van der Waals surface area contributed by atoms with Crippen LogP contribution in [0.4, 0.5) is 0 Å². The van der Waals surface area contributed by atoms with Crippen LogP contribution in [-0.4, -0.2) is 29.3 Å². The number of hydrogen-bond donors (Lipinski definition) is 0. The molecular formula is C13H16ClN3O2S. The van der Waals surface area contributed by atoms with Crippen molar-refractivity contribution in [2.24, 2.45) is 7.05 Å². The second-order valence-electron chi connectivity index (χ2n) is 4.70. The highest BCUT2D eigenvalue weighted by Crippen LogP contribution is 2.22. The molecule has 0 aliphatic carbocycles. The molecule has 0 bridgehead atoms. The van der Waals surface area contributed by atoms with Crippen LogP contribution in [0.2, 0.25) is 5.15 Å². The predicted octanol–water partition coefficient (Wildman–Crippen LogP) is 2.20. The lowest BCUT2D eigenvalue weighted by Gasteiger charge is -2.16. The van der Waals surface area contributed by atoms with Gasteiger partial charge in [-0.15, -0.1) is 0 Å². The molecule has 0 N–H and O–H groups in total. The van der Waals surface area contributed by atoms with E-state index < -0.39 is 10.0 Å². The summed E-state index contributed by atoms with van der Waals surface area (Å²) in [7, 11) is -0.526. The van der Waals surface area contributed by atoms with Crippen molar-refractivity contribution in [3.8, 4) is 0 Å². The first-order valence-electron chi connectivity index (χ1n) is 6.01. The van der Waals surface area contributed by atoms with Crippen LogP contribution in [0.3, 0.4) is 0 Å². The molecule has 1 aromatic carbocycles. The summed E-state index contributed by atoms with van der Waals surface area (Å²) in [5, 5.41) is -0.00193. The van der Waals surface area contributed by atoms with E-state index in [-0.39, 0.29) is 16.7 Å². The smallest absolute Gasteiger partial charge is 0.263 e. The van der Waals surface area contributed by atoms with E-state index >= 15 is 0 Å². The Kier molecular flexibility index (Phi) is 4.17. The third-order valence-corrected chi connectivity index (χ3v) is 5.27. The molecule has 0 atom stereocenters. The first-order chi connectivity index (χ1) is 9.32. The molecule has 1 aromatic heterocycles. The molecule has 0 aliphatic heterocycles. The Hall–Kier alpha value is -1.37. The van der Waals surface area contributed by atoms with Crippen molar-refractivity contribution in [3.63, 3.8) is 0 Å². The van der Waals surface area contributed by atoms with Gasteiger partial charge in [0.05, 0.1) is 6.33 Å². The van der Waals surface area contributed by atoms with Gasteiger partial charge in [0.25, 0.3) is 10.0 Å². The molecule has 0 unspecified atom stereocenters. The molecule has 0 saturated carbocycles. The summed E-state index contributed by atoms with van der Waals surface area (Å²) in [4.78, 5) is 3.87. The minimum Gasteiger partial charge on any atom is -0.324 e. The Morgan fingerprint density at radius 3 is 2.65 bits per heavy atom. The number of sulfonamides is 1. The zero-order chi connectivity index (χ0) is 14.9. The topological polar surface area (TPSA) is 55.2 Å². The summed E-state index contributed by atoms with van der Waals surface area (Å²) in [6, 6.07) is 7.71. The van der Waals surface area contributed by atoms with Crippen molar-refractivity contribution in [2.75, 3.05) is 7.05 Å². The average Bonchev–Trinajstić information content (AvgIpc) is 2.70. The normalized spacial score (nSPS) is 12.1.